The Morgan fingerprint density at radius 1 is 0.486 bits per heavy atom. The van der Waals surface area contributed by atoms with E-state index in [1.165, 1.54) is 16.3 Å². The monoisotopic (exact) mass is 472 g/mol. The third-order valence-electron chi connectivity index (χ3n) is 7.04. The van der Waals surface area contributed by atoms with Crippen molar-refractivity contribution in [2.24, 2.45) is 4.99 Å². The van der Waals surface area contributed by atoms with Crippen LogP contribution in [0, 0.1) is 0 Å². The summed E-state index contributed by atoms with van der Waals surface area (Å²) in [6.07, 6.45) is 0. The highest BCUT2D eigenvalue weighted by molar-refractivity contribution is 6.24. The number of hydrogen-bond donors (Lipinski definition) is 1. The molecule has 2 nitrogen and oxygen atoms in total. The van der Waals surface area contributed by atoms with Crippen molar-refractivity contribution in [1.29, 1.82) is 0 Å². The van der Waals surface area contributed by atoms with Gasteiger partial charge in [0, 0.05) is 33.0 Å². The zero-order valence-electron chi connectivity index (χ0n) is 20.2. The van der Waals surface area contributed by atoms with Gasteiger partial charge >= 0.3 is 0 Å². The lowest BCUT2D eigenvalue weighted by Gasteiger charge is -2.11. The largest absolute Gasteiger partial charge is 0.353 e. The molecule has 0 aliphatic carbocycles. The first kappa shape index (κ1) is 21.3. The first-order valence-electron chi connectivity index (χ1n) is 12.6. The molecule has 1 aliphatic heterocycles. The van der Waals surface area contributed by atoms with E-state index in [0.29, 0.717) is 0 Å². The van der Waals surface area contributed by atoms with Crippen LogP contribution in [0.3, 0.4) is 0 Å². The van der Waals surface area contributed by atoms with E-state index in [-0.39, 0.29) is 0 Å². The molecule has 37 heavy (non-hydrogen) atoms. The van der Waals surface area contributed by atoms with E-state index in [1.807, 2.05) is 6.07 Å². The summed E-state index contributed by atoms with van der Waals surface area (Å²) in [4.78, 5) is 9.18. The van der Waals surface area contributed by atoms with Crippen LogP contribution in [0.25, 0.3) is 33.3 Å². The molecule has 0 fully saturated rings. The maximum absolute atomic E-state index is 5.34. The lowest BCUT2D eigenvalue weighted by Crippen LogP contribution is -1.99. The van der Waals surface area contributed by atoms with Crippen LogP contribution in [-0.2, 0) is 0 Å². The number of H-pyrrole nitrogens is 1. The molecule has 0 radical (unpaired) electrons. The summed E-state index contributed by atoms with van der Waals surface area (Å²) >= 11 is 0. The van der Waals surface area contributed by atoms with Crippen LogP contribution < -0.4 is 0 Å². The highest BCUT2D eigenvalue weighted by atomic mass is 14.8. The molecular weight excluding hydrogens is 448 g/mol. The molecule has 0 saturated carbocycles. The summed E-state index contributed by atoms with van der Waals surface area (Å²) in [7, 11) is 0. The summed E-state index contributed by atoms with van der Waals surface area (Å²) < 4.78 is 0. The fraction of sp³-hybridized carbons (Fsp3) is 0. The van der Waals surface area contributed by atoms with Crippen molar-refractivity contribution < 1.29 is 0 Å². The number of rotatable bonds is 4. The molecule has 0 atom stereocenters. The molecule has 0 bridgehead atoms. The Bertz CT molecular complexity index is 1790. The first-order chi connectivity index (χ1) is 18.4. The Balaban J connectivity index is 1.58. The standard InChI is InChI=1S/C35H24N2/c1-4-14-24(15-5-1)31(34-29-22-12-10-20-27(29)32(36-34)25-16-6-2-7-17-25)35-30-23-13-11-21-28(30)33(37-35)26-18-8-3-9-19-26/h1-23,36H. The van der Waals surface area contributed by atoms with Crippen LogP contribution in [0.5, 0.6) is 0 Å². The van der Waals surface area contributed by atoms with Crippen LogP contribution in [0.4, 0.5) is 0 Å². The quantitative estimate of drug-likeness (QED) is 0.266. The Labute approximate surface area is 216 Å². The van der Waals surface area contributed by atoms with Gasteiger partial charge in [-0.05, 0) is 11.1 Å². The van der Waals surface area contributed by atoms with E-state index in [2.05, 4.69) is 138 Å². The van der Waals surface area contributed by atoms with Crippen molar-refractivity contribution in [1.82, 2.24) is 4.98 Å². The molecule has 0 saturated heterocycles. The molecule has 174 valence electrons. The van der Waals surface area contributed by atoms with Gasteiger partial charge in [0.1, 0.15) is 0 Å². The number of nitrogens with zero attached hydrogens (tertiary/aromatic N) is 1. The minimum Gasteiger partial charge on any atom is -0.353 e. The Morgan fingerprint density at radius 2 is 1.03 bits per heavy atom. The first-order valence-corrected chi connectivity index (χ1v) is 12.6. The average molecular weight is 473 g/mol. The minimum absolute atomic E-state index is 0.993. The summed E-state index contributed by atoms with van der Waals surface area (Å²) in [5.74, 6) is 0. The predicted octanol–water partition coefficient (Wildman–Crippen LogP) is 8.60. The van der Waals surface area contributed by atoms with Gasteiger partial charge < -0.3 is 4.98 Å². The van der Waals surface area contributed by atoms with Gasteiger partial charge in [-0.25, -0.2) is 4.99 Å². The third-order valence-corrected chi connectivity index (χ3v) is 7.04. The van der Waals surface area contributed by atoms with Gasteiger partial charge in [-0.3, -0.25) is 0 Å². The molecular formula is C35H24N2. The second kappa shape index (κ2) is 8.92. The van der Waals surface area contributed by atoms with Crippen molar-refractivity contribution in [3.63, 3.8) is 0 Å². The summed E-state index contributed by atoms with van der Waals surface area (Å²) in [6.45, 7) is 0. The van der Waals surface area contributed by atoms with E-state index in [1.54, 1.807) is 0 Å². The third kappa shape index (κ3) is 3.62. The maximum atomic E-state index is 5.34. The SMILES string of the molecule is c1ccc(C2=NC(=C(c3ccccc3)c3[nH]c(-c4ccccc4)c4ccccc34)c3ccccc32)cc1. The Kier molecular flexibility index (Phi) is 5.15. The molecule has 0 spiro atoms. The van der Waals surface area contributed by atoms with Crippen LogP contribution in [0.15, 0.2) is 145 Å². The topological polar surface area (TPSA) is 28.1 Å². The smallest absolute Gasteiger partial charge is 0.0816 e. The average Bonchev–Trinajstić information content (AvgIpc) is 3.55. The van der Waals surface area contributed by atoms with Crippen LogP contribution in [0.2, 0.25) is 0 Å². The molecule has 1 aliphatic rings. The highest BCUT2D eigenvalue weighted by Crippen LogP contribution is 2.43. The Hall–Kier alpha value is -4.95. The number of nitrogens with one attached hydrogen (secondary N) is 1. The van der Waals surface area contributed by atoms with Crippen molar-refractivity contribution >= 4 is 27.8 Å². The van der Waals surface area contributed by atoms with Gasteiger partial charge in [0.15, 0.2) is 0 Å². The van der Waals surface area contributed by atoms with E-state index < -0.39 is 0 Å². The van der Waals surface area contributed by atoms with Crippen LogP contribution in [0.1, 0.15) is 27.9 Å². The molecule has 7 rings (SSSR count). The summed E-state index contributed by atoms with van der Waals surface area (Å²) in [5, 5.41) is 2.39. The lowest BCUT2D eigenvalue weighted by atomic mass is 9.93. The van der Waals surface area contributed by atoms with Gasteiger partial charge in [-0.15, -0.1) is 0 Å². The van der Waals surface area contributed by atoms with Crippen molar-refractivity contribution in [3.05, 3.63) is 167 Å². The van der Waals surface area contributed by atoms with Crippen molar-refractivity contribution in [3.8, 4) is 11.3 Å². The molecule has 1 aromatic heterocycles. The van der Waals surface area contributed by atoms with Gasteiger partial charge in [-0.1, -0.05) is 140 Å². The van der Waals surface area contributed by atoms with Crippen molar-refractivity contribution in [2.75, 3.05) is 0 Å². The number of benzene rings is 5. The van der Waals surface area contributed by atoms with Crippen LogP contribution in [-0.4, -0.2) is 10.7 Å². The molecule has 1 N–H and O–H groups in total. The Morgan fingerprint density at radius 3 is 1.73 bits per heavy atom. The second-order valence-electron chi connectivity index (χ2n) is 9.25. The number of aliphatic imine (C=N–C) groups is 1. The minimum atomic E-state index is 0.993. The number of aromatic amines is 1. The van der Waals surface area contributed by atoms with Gasteiger partial charge in [0.05, 0.1) is 22.8 Å². The second-order valence-corrected chi connectivity index (χ2v) is 9.25. The molecule has 0 amide bonds. The zero-order chi connectivity index (χ0) is 24.6. The molecule has 0 unspecified atom stereocenters. The van der Waals surface area contributed by atoms with E-state index in [9.17, 15) is 0 Å². The highest BCUT2D eigenvalue weighted by Gasteiger charge is 2.27. The molecule has 2 heterocycles. The van der Waals surface area contributed by atoms with E-state index in [0.717, 1.165) is 50.6 Å². The summed E-state index contributed by atoms with van der Waals surface area (Å²) in [6, 6.07) is 48.9. The maximum Gasteiger partial charge on any atom is 0.0816 e. The number of fused-ring (bicyclic) bond motifs is 2. The normalized spacial score (nSPS) is 13.9. The van der Waals surface area contributed by atoms with Gasteiger partial charge in [0.2, 0.25) is 0 Å². The van der Waals surface area contributed by atoms with E-state index in [4.69, 9.17) is 4.99 Å². The van der Waals surface area contributed by atoms with Gasteiger partial charge in [-0.2, -0.15) is 0 Å². The zero-order valence-corrected chi connectivity index (χ0v) is 20.2. The van der Waals surface area contributed by atoms with Crippen LogP contribution >= 0.6 is 0 Å². The molecule has 2 heteroatoms. The van der Waals surface area contributed by atoms with Gasteiger partial charge in [0.25, 0.3) is 0 Å². The fourth-order valence-corrected chi connectivity index (χ4v) is 5.35. The van der Waals surface area contributed by atoms with Crippen molar-refractivity contribution in [2.45, 2.75) is 0 Å². The summed E-state index contributed by atoms with van der Waals surface area (Å²) in [5.41, 5.74) is 11.1. The number of aromatic nitrogens is 1. The molecule has 5 aromatic carbocycles. The number of hydrogen-bond acceptors (Lipinski definition) is 1. The van der Waals surface area contributed by atoms with E-state index >= 15 is 0 Å². The fourth-order valence-electron chi connectivity index (χ4n) is 5.35. The predicted molar refractivity (Wildman–Crippen MR) is 155 cm³/mol. The molecule has 6 aromatic rings. The lowest BCUT2D eigenvalue weighted by molar-refractivity contribution is 1.35.